The average Bonchev–Trinajstić information content (AvgIpc) is 3.56. The first-order chi connectivity index (χ1) is 15.6. The third-order valence-corrected chi connectivity index (χ3v) is 6.39. The summed E-state index contributed by atoms with van der Waals surface area (Å²) in [5, 5.41) is 0. The average molecular weight is 428 g/mol. The first-order valence-corrected chi connectivity index (χ1v) is 10.8. The van der Waals surface area contributed by atoms with E-state index >= 15 is 0 Å². The Balaban J connectivity index is 1.48. The van der Waals surface area contributed by atoms with E-state index in [-0.39, 0.29) is 12.5 Å². The van der Waals surface area contributed by atoms with E-state index in [9.17, 15) is 9.18 Å². The van der Waals surface area contributed by atoms with Crippen LogP contribution in [0, 0.1) is 13.0 Å². The van der Waals surface area contributed by atoms with E-state index in [0.29, 0.717) is 24.7 Å². The van der Waals surface area contributed by atoms with E-state index in [1.54, 1.807) is 6.33 Å². The number of benzene rings is 1. The highest BCUT2D eigenvalue weighted by Gasteiger charge is 2.31. The topological polar surface area (TPSA) is 76.3 Å². The molecule has 32 heavy (non-hydrogen) atoms. The molecule has 0 saturated heterocycles. The lowest BCUT2D eigenvalue weighted by atomic mass is 9.86. The second-order valence-electron chi connectivity index (χ2n) is 8.50. The number of aryl methyl sites for hydroxylation is 1. The minimum absolute atomic E-state index is 0.0216. The Morgan fingerprint density at radius 2 is 1.94 bits per heavy atom. The summed E-state index contributed by atoms with van der Waals surface area (Å²) >= 11 is 0. The molecule has 3 aromatic rings. The summed E-state index contributed by atoms with van der Waals surface area (Å²) in [5.41, 5.74) is 6.83. The fourth-order valence-electron chi connectivity index (χ4n) is 4.62. The zero-order chi connectivity index (χ0) is 21.8. The number of carbonyl (C=O) groups is 1. The van der Waals surface area contributed by atoms with Crippen LogP contribution in [0.3, 0.4) is 0 Å². The monoisotopic (exact) mass is 428 g/mol. The van der Waals surface area contributed by atoms with Crippen LogP contribution in [0.2, 0.25) is 0 Å². The molecule has 0 N–H and O–H groups in total. The number of allylic oxidation sites excluding steroid dienone is 1. The number of hydrogen-bond donors (Lipinski definition) is 0. The van der Waals surface area contributed by atoms with Crippen molar-refractivity contribution in [2.75, 3.05) is 13.1 Å². The number of hydrogen-bond acceptors (Lipinski definition) is 5. The molecular weight excluding hydrogens is 407 g/mol. The van der Waals surface area contributed by atoms with Crippen LogP contribution in [-0.2, 0) is 11.2 Å². The molecule has 0 unspecified atom stereocenters. The number of aromatic nitrogens is 4. The van der Waals surface area contributed by atoms with Gasteiger partial charge in [-0.05, 0) is 42.9 Å². The Labute approximate surface area is 184 Å². The third kappa shape index (κ3) is 3.14. The molecule has 0 spiro atoms. The molecule has 2 aromatic heterocycles. The van der Waals surface area contributed by atoms with E-state index in [1.807, 2.05) is 34.7 Å². The molecule has 7 nitrogen and oxygen atoms in total. The van der Waals surface area contributed by atoms with Gasteiger partial charge in [0.25, 0.3) is 0 Å². The molecule has 3 aliphatic rings. The van der Waals surface area contributed by atoms with E-state index in [2.05, 4.69) is 26.0 Å². The normalized spacial score (nSPS) is 17.9. The maximum Gasteiger partial charge on any atom is 0.308 e. The molecule has 6 rings (SSSR count). The van der Waals surface area contributed by atoms with Gasteiger partial charge in [0.1, 0.15) is 18.7 Å². The molecule has 2 aliphatic heterocycles. The zero-order valence-corrected chi connectivity index (χ0v) is 17.6. The van der Waals surface area contributed by atoms with E-state index in [0.717, 1.165) is 39.2 Å². The van der Waals surface area contributed by atoms with Crippen LogP contribution in [0.15, 0.2) is 48.1 Å². The summed E-state index contributed by atoms with van der Waals surface area (Å²) < 4.78 is 15.2. The SMILES string of the molecule is Cc1ccc2c(c1-c1cnc(F)nc1)CCN1C(=O)CN=C(n3cnc(C4CC4)c3)C=C21. The Bertz CT molecular complexity index is 1300. The van der Waals surface area contributed by atoms with Crippen LogP contribution in [0.25, 0.3) is 16.8 Å². The van der Waals surface area contributed by atoms with Crippen molar-refractivity contribution in [2.45, 2.75) is 32.1 Å². The summed E-state index contributed by atoms with van der Waals surface area (Å²) in [7, 11) is 0. The molecule has 4 heterocycles. The largest absolute Gasteiger partial charge is 0.310 e. The van der Waals surface area contributed by atoms with Gasteiger partial charge in [-0.15, -0.1) is 0 Å². The molecule has 1 aromatic carbocycles. The number of nitrogens with zero attached hydrogens (tertiary/aromatic N) is 6. The van der Waals surface area contributed by atoms with Crippen molar-refractivity contribution in [3.05, 3.63) is 71.6 Å². The molecule has 0 radical (unpaired) electrons. The molecule has 8 heteroatoms. The molecular formula is C24H21FN6O. The van der Waals surface area contributed by atoms with Gasteiger partial charge in [0.15, 0.2) is 0 Å². The minimum atomic E-state index is -0.744. The predicted octanol–water partition coefficient (Wildman–Crippen LogP) is 3.35. The molecule has 1 amide bonds. The Morgan fingerprint density at radius 1 is 1.12 bits per heavy atom. The third-order valence-electron chi connectivity index (χ3n) is 6.39. The van der Waals surface area contributed by atoms with Gasteiger partial charge in [0.05, 0.1) is 11.4 Å². The van der Waals surface area contributed by atoms with Crippen LogP contribution >= 0.6 is 0 Å². The predicted molar refractivity (Wildman–Crippen MR) is 117 cm³/mol. The summed E-state index contributed by atoms with van der Waals surface area (Å²) in [6.45, 7) is 2.69. The fraction of sp³-hybridized carbons (Fsp3) is 0.292. The van der Waals surface area contributed by atoms with Gasteiger partial charge >= 0.3 is 6.08 Å². The van der Waals surface area contributed by atoms with Crippen LogP contribution in [0.4, 0.5) is 4.39 Å². The van der Waals surface area contributed by atoms with Gasteiger partial charge in [-0.3, -0.25) is 14.4 Å². The van der Waals surface area contributed by atoms with E-state index < -0.39 is 6.08 Å². The second kappa shape index (κ2) is 7.19. The molecule has 1 aliphatic carbocycles. The smallest absolute Gasteiger partial charge is 0.308 e. The van der Waals surface area contributed by atoms with Gasteiger partial charge in [-0.1, -0.05) is 12.1 Å². The maximum atomic E-state index is 13.3. The van der Waals surface area contributed by atoms with Crippen LogP contribution in [0.1, 0.15) is 41.1 Å². The minimum Gasteiger partial charge on any atom is -0.310 e. The van der Waals surface area contributed by atoms with Gasteiger partial charge < -0.3 is 4.90 Å². The number of amides is 1. The lowest BCUT2D eigenvalue weighted by Gasteiger charge is -2.32. The first-order valence-electron chi connectivity index (χ1n) is 10.8. The van der Waals surface area contributed by atoms with Crippen molar-refractivity contribution in [3.8, 4) is 11.1 Å². The van der Waals surface area contributed by atoms with Crippen LogP contribution in [0.5, 0.6) is 0 Å². The maximum absolute atomic E-state index is 13.3. The van der Waals surface area contributed by atoms with Crippen molar-refractivity contribution in [2.24, 2.45) is 4.99 Å². The number of fused-ring (bicyclic) bond motifs is 3. The lowest BCUT2D eigenvalue weighted by molar-refractivity contribution is -0.126. The highest BCUT2D eigenvalue weighted by molar-refractivity contribution is 6.06. The van der Waals surface area contributed by atoms with Crippen molar-refractivity contribution in [1.29, 1.82) is 0 Å². The summed E-state index contributed by atoms with van der Waals surface area (Å²) in [5.74, 6) is 1.23. The van der Waals surface area contributed by atoms with E-state index in [1.165, 1.54) is 25.2 Å². The van der Waals surface area contributed by atoms with Gasteiger partial charge in [0, 0.05) is 48.3 Å². The molecule has 0 bridgehead atoms. The van der Waals surface area contributed by atoms with Crippen molar-refractivity contribution < 1.29 is 9.18 Å². The molecule has 160 valence electrons. The highest BCUT2D eigenvalue weighted by atomic mass is 19.1. The van der Waals surface area contributed by atoms with Crippen molar-refractivity contribution >= 4 is 17.4 Å². The van der Waals surface area contributed by atoms with Gasteiger partial charge in [0.2, 0.25) is 5.91 Å². The summed E-state index contributed by atoms with van der Waals surface area (Å²) in [4.78, 5) is 31.3. The Morgan fingerprint density at radius 3 is 2.72 bits per heavy atom. The lowest BCUT2D eigenvalue weighted by Crippen LogP contribution is -2.36. The number of carbonyl (C=O) groups excluding carboxylic acids is 1. The number of halogens is 1. The van der Waals surface area contributed by atoms with E-state index in [4.69, 9.17) is 0 Å². The van der Waals surface area contributed by atoms with Gasteiger partial charge in [-0.25, -0.2) is 15.0 Å². The molecule has 1 saturated carbocycles. The zero-order valence-electron chi connectivity index (χ0n) is 17.6. The number of imidazole rings is 1. The molecule has 0 atom stereocenters. The van der Waals surface area contributed by atoms with Crippen molar-refractivity contribution in [1.82, 2.24) is 24.4 Å². The molecule has 1 fully saturated rings. The Kier molecular flexibility index (Phi) is 4.28. The standard InChI is InChI=1S/C24H21FN6O/c1-14-2-5-17-18(23(14)16-9-27-24(25)28-10-16)6-7-31-20(17)8-21(26-11-22(31)32)30-12-19(29-13-30)15-3-4-15/h2,5,8-10,12-13,15H,3-4,6-7,11H2,1H3. The second-order valence-corrected chi connectivity index (χ2v) is 8.50. The highest BCUT2D eigenvalue weighted by Crippen LogP contribution is 2.40. The summed E-state index contributed by atoms with van der Waals surface area (Å²) in [6.07, 6.45) is 11.1. The Hall–Kier alpha value is -3.68. The quantitative estimate of drug-likeness (QED) is 0.587. The summed E-state index contributed by atoms with van der Waals surface area (Å²) in [6, 6.07) is 4.08. The first kappa shape index (κ1) is 19.0. The van der Waals surface area contributed by atoms with Crippen molar-refractivity contribution in [3.63, 3.8) is 0 Å². The van der Waals surface area contributed by atoms with Crippen LogP contribution in [-0.4, -0.2) is 49.3 Å². The number of rotatable bonds is 2. The van der Waals surface area contributed by atoms with Crippen LogP contribution < -0.4 is 0 Å². The van der Waals surface area contributed by atoms with Gasteiger partial charge in [-0.2, -0.15) is 4.39 Å². The fourth-order valence-corrected chi connectivity index (χ4v) is 4.62. The number of aliphatic imine (C=N–C) groups is 1.